The molecule has 1 N–H and O–H groups in total. The van der Waals surface area contributed by atoms with Crippen LogP contribution in [0.5, 0.6) is 0 Å². The van der Waals surface area contributed by atoms with E-state index in [2.05, 4.69) is 20.8 Å². The van der Waals surface area contributed by atoms with Crippen molar-refractivity contribution in [1.29, 1.82) is 0 Å². The van der Waals surface area contributed by atoms with E-state index in [1.165, 1.54) is 15.9 Å². The predicted octanol–water partition coefficient (Wildman–Crippen LogP) is 0.950. The van der Waals surface area contributed by atoms with Crippen molar-refractivity contribution < 1.29 is 9.59 Å². The monoisotopic (exact) mass is 298 g/mol. The second-order valence-electron chi connectivity index (χ2n) is 5.73. The van der Waals surface area contributed by atoms with Crippen molar-refractivity contribution in [1.82, 2.24) is 25.5 Å². The number of hydrogen-bond donors (Lipinski definition) is 1. The molecule has 22 heavy (non-hydrogen) atoms. The lowest BCUT2D eigenvalue weighted by atomic mass is 9.77. The van der Waals surface area contributed by atoms with Gasteiger partial charge in [-0.25, -0.2) is 14.4 Å². The maximum absolute atomic E-state index is 12.7. The lowest BCUT2D eigenvalue weighted by Gasteiger charge is -2.35. The highest BCUT2D eigenvalue weighted by Crippen LogP contribution is 2.39. The van der Waals surface area contributed by atoms with Crippen LogP contribution >= 0.6 is 0 Å². The van der Waals surface area contributed by atoms with Gasteiger partial charge < -0.3 is 5.32 Å². The van der Waals surface area contributed by atoms with Gasteiger partial charge in [0.1, 0.15) is 11.9 Å². The molecular formula is C14H14N6O2. The second kappa shape index (κ2) is 4.36. The summed E-state index contributed by atoms with van der Waals surface area (Å²) in [6.45, 7) is 1.87. The minimum Gasteiger partial charge on any atom is -0.323 e. The van der Waals surface area contributed by atoms with Gasteiger partial charge in [0.05, 0.1) is 11.4 Å². The smallest absolute Gasteiger partial charge is 0.323 e. The molecule has 3 amide bonds. The maximum atomic E-state index is 12.7. The maximum Gasteiger partial charge on any atom is 0.329 e. The first-order chi connectivity index (χ1) is 10.6. The standard InChI is InChI=1S/C14H14N6O2/c1-9-3-4-10(19-8-15-17-18-19)7-11(9)20-12(21)14(5-2-6-14)16-13(20)22/h3-4,7-8H,2,5-6H2,1H3,(H,16,22). The molecule has 1 saturated carbocycles. The molecule has 2 aromatic rings. The molecule has 2 aliphatic rings. The summed E-state index contributed by atoms with van der Waals surface area (Å²) in [6.07, 6.45) is 3.84. The minimum atomic E-state index is -0.686. The first-order valence-corrected chi connectivity index (χ1v) is 7.11. The van der Waals surface area contributed by atoms with Gasteiger partial charge in [-0.15, -0.1) is 5.10 Å². The van der Waals surface area contributed by atoms with Gasteiger partial charge in [-0.05, 0) is 54.3 Å². The molecule has 1 spiro atoms. The molecule has 1 aliphatic carbocycles. The number of tetrazole rings is 1. The van der Waals surface area contributed by atoms with Gasteiger partial charge in [0.15, 0.2) is 0 Å². The van der Waals surface area contributed by atoms with E-state index in [4.69, 9.17) is 0 Å². The summed E-state index contributed by atoms with van der Waals surface area (Å²) in [6, 6.07) is 5.08. The quantitative estimate of drug-likeness (QED) is 0.833. The zero-order valence-corrected chi connectivity index (χ0v) is 12.0. The molecule has 8 nitrogen and oxygen atoms in total. The van der Waals surface area contributed by atoms with E-state index >= 15 is 0 Å². The molecule has 112 valence electrons. The number of rotatable bonds is 2. The molecule has 2 fully saturated rings. The van der Waals surface area contributed by atoms with E-state index in [1.54, 1.807) is 6.07 Å². The minimum absolute atomic E-state index is 0.166. The van der Waals surface area contributed by atoms with Gasteiger partial charge in [-0.2, -0.15) is 0 Å². The Bertz CT molecular complexity index is 766. The van der Waals surface area contributed by atoms with E-state index in [0.717, 1.165) is 12.0 Å². The number of imide groups is 1. The number of urea groups is 1. The fourth-order valence-electron chi connectivity index (χ4n) is 2.97. The molecule has 1 aromatic carbocycles. The van der Waals surface area contributed by atoms with Crippen molar-refractivity contribution in [3.63, 3.8) is 0 Å². The molecule has 0 unspecified atom stereocenters. The van der Waals surface area contributed by atoms with Crippen LogP contribution in [0.2, 0.25) is 0 Å². The van der Waals surface area contributed by atoms with Gasteiger partial charge in [0.2, 0.25) is 0 Å². The average molecular weight is 298 g/mol. The molecule has 8 heteroatoms. The fourth-order valence-corrected chi connectivity index (χ4v) is 2.97. The summed E-state index contributed by atoms with van der Waals surface area (Å²) in [5.41, 5.74) is 1.42. The molecule has 0 atom stereocenters. The number of carbonyl (C=O) groups is 2. The number of amides is 3. The summed E-state index contributed by atoms with van der Waals surface area (Å²) in [4.78, 5) is 26.2. The highest BCUT2D eigenvalue weighted by Gasteiger charge is 2.55. The first kappa shape index (κ1) is 12.9. The Hall–Kier alpha value is -2.77. The largest absolute Gasteiger partial charge is 0.329 e. The number of carbonyl (C=O) groups excluding carboxylic acids is 2. The Kier molecular flexibility index (Phi) is 2.56. The van der Waals surface area contributed by atoms with Crippen LogP contribution in [0.25, 0.3) is 5.69 Å². The van der Waals surface area contributed by atoms with Crippen molar-refractivity contribution in [2.75, 3.05) is 4.90 Å². The molecular weight excluding hydrogens is 284 g/mol. The molecule has 2 heterocycles. The highest BCUT2D eigenvalue weighted by molar-refractivity contribution is 6.24. The van der Waals surface area contributed by atoms with E-state index in [-0.39, 0.29) is 11.9 Å². The van der Waals surface area contributed by atoms with E-state index < -0.39 is 5.54 Å². The molecule has 0 bridgehead atoms. The van der Waals surface area contributed by atoms with Gasteiger partial charge in [0, 0.05) is 0 Å². The summed E-state index contributed by atoms with van der Waals surface area (Å²) in [7, 11) is 0. The lowest BCUT2D eigenvalue weighted by molar-refractivity contribution is -0.124. The van der Waals surface area contributed by atoms with Crippen molar-refractivity contribution >= 4 is 17.6 Å². The summed E-state index contributed by atoms with van der Waals surface area (Å²) in [5, 5.41) is 13.9. The van der Waals surface area contributed by atoms with Crippen LogP contribution in [0, 0.1) is 6.92 Å². The highest BCUT2D eigenvalue weighted by atomic mass is 16.2. The van der Waals surface area contributed by atoms with Gasteiger partial charge in [0.25, 0.3) is 5.91 Å². The first-order valence-electron chi connectivity index (χ1n) is 7.11. The Labute approximate surface area is 126 Å². The van der Waals surface area contributed by atoms with Crippen LogP contribution < -0.4 is 10.2 Å². The third kappa shape index (κ3) is 1.66. The molecule has 1 aliphatic heterocycles. The lowest BCUT2D eigenvalue weighted by Crippen LogP contribution is -2.52. The van der Waals surface area contributed by atoms with Crippen LogP contribution in [-0.2, 0) is 4.79 Å². The number of nitrogens with one attached hydrogen (secondary N) is 1. The Morgan fingerprint density at radius 2 is 2.09 bits per heavy atom. The normalized spacial score (nSPS) is 19.4. The average Bonchev–Trinajstić information content (AvgIpc) is 3.06. The number of aromatic nitrogens is 4. The Morgan fingerprint density at radius 1 is 1.27 bits per heavy atom. The van der Waals surface area contributed by atoms with E-state index in [0.29, 0.717) is 24.2 Å². The van der Waals surface area contributed by atoms with Crippen LogP contribution in [0.15, 0.2) is 24.5 Å². The van der Waals surface area contributed by atoms with Crippen molar-refractivity contribution in [3.05, 3.63) is 30.1 Å². The Balaban J connectivity index is 1.77. The SMILES string of the molecule is Cc1ccc(-n2cnnn2)cc1N1C(=O)NC2(CCC2)C1=O. The van der Waals surface area contributed by atoms with Crippen LogP contribution in [0.4, 0.5) is 10.5 Å². The zero-order chi connectivity index (χ0) is 15.3. The van der Waals surface area contributed by atoms with Crippen molar-refractivity contribution in [3.8, 4) is 5.69 Å². The number of nitrogens with zero attached hydrogens (tertiary/aromatic N) is 5. The molecule has 1 saturated heterocycles. The molecule has 0 radical (unpaired) electrons. The molecule has 4 rings (SSSR count). The fraction of sp³-hybridized carbons (Fsp3) is 0.357. The number of hydrogen-bond acceptors (Lipinski definition) is 5. The Morgan fingerprint density at radius 3 is 2.68 bits per heavy atom. The van der Waals surface area contributed by atoms with Crippen molar-refractivity contribution in [2.45, 2.75) is 31.7 Å². The van der Waals surface area contributed by atoms with E-state index in [9.17, 15) is 9.59 Å². The second-order valence-corrected chi connectivity index (χ2v) is 5.73. The van der Waals surface area contributed by atoms with Crippen LogP contribution in [0.1, 0.15) is 24.8 Å². The van der Waals surface area contributed by atoms with Gasteiger partial charge in [-0.3, -0.25) is 4.79 Å². The van der Waals surface area contributed by atoms with E-state index in [1.807, 2.05) is 19.1 Å². The third-order valence-corrected chi connectivity index (χ3v) is 4.42. The van der Waals surface area contributed by atoms with Crippen LogP contribution in [0.3, 0.4) is 0 Å². The number of benzene rings is 1. The van der Waals surface area contributed by atoms with Gasteiger partial charge >= 0.3 is 6.03 Å². The summed E-state index contributed by atoms with van der Waals surface area (Å²) < 4.78 is 1.49. The van der Waals surface area contributed by atoms with Gasteiger partial charge in [-0.1, -0.05) is 6.07 Å². The number of anilines is 1. The summed E-state index contributed by atoms with van der Waals surface area (Å²) in [5.74, 6) is -0.166. The zero-order valence-electron chi connectivity index (χ0n) is 12.0. The van der Waals surface area contributed by atoms with Crippen molar-refractivity contribution in [2.24, 2.45) is 0 Å². The third-order valence-electron chi connectivity index (χ3n) is 4.42. The number of aryl methyl sites for hydroxylation is 1. The summed E-state index contributed by atoms with van der Waals surface area (Å²) >= 11 is 0. The molecule has 1 aromatic heterocycles. The van der Waals surface area contributed by atoms with Crippen LogP contribution in [-0.4, -0.2) is 37.7 Å². The topological polar surface area (TPSA) is 93.0 Å². The predicted molar refractivity (Wildman–Crippen MR) is 76.5 cm³/mol.